The number of hydrogen-bond donors (Lipinski definition) is 1. The van der Waals surface area contributed by atoms with E-state index in [1.165, 1.54) is 11.6 Å². The molecular weight excluding hydrogens is 430 g/mol. The molecule has 3 aromatic heterocycles. The highest BCUT2D eigenvalue weighted by Crippen LogP contribution is 2.32. The van der Waals surface area contributed by atoms with Crippen molar-refractivity contribution in [2.75, 3.05) is 18.4 Å². The minimum Gasteiger partial charge on any atom is -0.343 e. The fourth-order valence-corrected chi connectivity index (χ4v) is 4.82. The number of nitrogens with zero attached hydrogens (tertiary/aromatic N) is 4. The molecule has 7 heteroatoms. The van der Waals surface area contributed by atoms with Crippen LogP contribution in [0.15, 0.2) is 73.6 Å². The Morgan fingerprint density at radius 2 is 2.12 bits per heavy atom. The fourth-order valence-electron chi connectivity index (χ4n) is 4.15. The number of amides is 1. The maximum atomic E-state index is 12.0. The Bertz CT molecular complexity index is 1350. The second-order valence-corrected chi connectivity index (χ2v) is 9.32. The van der Waals surface area contributed by atoms with Crippen molar-refractivity contribution in [3.8, 4) is 0 Å². The molecule has 4 heterocycles. The van der Waals surface area contributed by atoms with Crippen LogP contribution in [0.2, 0.25) is 0 Å². The van der Waals surface area contributed by atoms with Crippen molar-refractivity contribution in [2.24, 2.45) is 0 Å². The van der Waals surface area contributed by atoms with Gasteiger partial charge in [-0.25, -0.2) is 9.97 Å². The zero-order valence-corrected chi connectivity index (χ0v) is 19.3. The molecule has 1 amide bonds. The quantitative estimate of drug-likeness (QED) is 0.396. The molecule has 1 N–H and O–H groups in total. The molecule has 1 aliphatic rings. The Morgan fingerprint density at radius 1 is 1.27 bits per heavy atom. The van der Waals surface area contributed by atoms with Crippen LogP contribution in [0.3, 0.4) is 0 Å². The Hall–Kier alpha value is -3.71. The fraction of sp³-hybridized carbons (Fsp3) is 0.192. The molecule has 0 fully saturated rings. The summed E-state index contributed by atoms with van der Waals surface area (Å²) < 4.78 is 2.26. The van der Waals surface area contributed by atoms with E-state index in [2.05, 4.69) is 70.1 Å². The number of anilines is 2. The van der Waals surface area contributed by atoms with Gasteiger partial charge in [0.15, 0.2) is 5.13 Å². The second-order valence-electron chi connectivity index (χ2n) is 8.09. The number of aromatic nitrogens is 3. The van der Waals surface area contributed by atoms with E-state index in [-0.39, 0.29) is 5.91 Å². The van der Waals surface area contributed by atoms with Gasteiger partial charge in [-0.2, -0.15) is 0 Å². The number of hydrogen-bond acceptors (Lipinski definition) is 5. The Kier molecular flexibility index (Phi) is 5.79. The third-order valence-electron chi connectivity index (χ3n) is 5.82. The van der Waals surface area contributed by atoms with Crippen molar-refractivity contribution < 1.29 is 4.79 Å². The molecular formula is C26H25N5OS. The Balaban J connectivity index is 1.56. The highest BCUT2D eigenvalue weighted by Gasteiger charge is 2.20. The molecule has 0 saturated carbocycles. The maximum Gasteiger partial charge on any atom is 0.246 e. The van der Waals surface area contributed by atoms with Gasteiger partial charge in [-0.15, -0.1) is 11.3 Å². The van der Waals surface area contributed by atoms with Crippen molar-refractivity contribution in [1.82, 2.24) is 19.4 Å². The van der Waals surface area contributed by atoms with Gasteiger partial charge < -0.3 is 14.8 Å². The number of aryl methyl sites for hydroxylation is 1. The first-order valence-corrected chi connectivity index (χ1v) is 11.8. The van der Waals surface area contributed by atoms with Crippen molar-refractivity contribution >= 4 is 44.7 Å². The summed E-state index contributed by atoms with van der Waals surface area (Å²) in [7, 11) is 0. The monoisotopic (exact) mass is 455 g/mol. The van der Waals surface area contributed by atoms with Crippen LogP contribution < -0.4 is 5.32 Å². The number of nitrogens with one attached hydrogen (secondary N) is 1. The minimum absolute atomic E-state index is 0.0352. The number of carbonyl (C=O) groups is 1. The van der Waals surface area contributed by atoms with Crippen molar-refractivity contribution in [3.05, 3.63) is 89.7 Å². The number of rotatable bonds is 6. The molecule has 0 radical (unpaired) electrons. The smallest absolute Gasteiger partial charge is 0.246 e. The lowest BCUT2D eigenvalue weighted by atomic mass is 10.0. The average Bonchev–Trinajstić information content (AvgIpc) is 3.44. The van der Waals surface area contributed by atoms with Gasteiger partial charge in [0.25, 0.3) is 0 Å². The van der Waals surface area contributed by atoms with Crippen LogP contribution in [-0.4, -0.2) is 38.4 Å². The van der Waals surface area contributed by atoms with E-state index in [1.54, 1.807) is 16.2 Å². The number of pyridine rings is 1. The van der Waals surface area contributed by atoms with Gasteiger partial charge in [0.05, 0.1) is 11.2 Å². The highest BCUT2D eigenvalue weighted by atomic mass is 32.1. The SMILES string of the molecule is C=CC(=O)N1CC=C(c2nc(Nc3ncc(C)s3)cc3c2ccn3Cc2ccccc2)CC1. The summed E-state index contributed by atoms with van der Waals surface area (Å²) in [5.41, 5.74) is 4.48. The molecule has 4 aromatic rings. The van der Waals surface area contributed by atoms with Crippen LogP contribution in [0, 0.1) is 6.92 Å². The molecule has 0 aliphatic carbocycles. The van der Waals surface area contributed by atoms with Crippen LogP contribution >= 0.6 is 11.3 Å². The number of carbonyl (C=O) groups excluding carboxylic acids is 1. The Morgan fingerprint density at radius 3 is 2.82 bits per heavy atom. The number of benzene rings is 1. The molecule has 0 unspecified atom stereocenters. The first kappa shape index (κ1) is 21.2. The van der Waals surface area contributed by atoms with E-state index in [1.807, 2.05) is 19.2 Å². The summed E-state index contributed by atoms with van der Waals surface area (Å²) in [6, 6.07) is 14.7. The molecule has 6 nitrogen and oxygen atoms in total. The van der Waals surface area contributed by atoms with Crippen LogP contribution in [-0.2, 0) is 11.3 Å². The highest BCUT2D eigenvalue weighted by molar-refractivity contribution is 7.15. The summed E-state index contributed by atoms with van der Waals surface area (Å²) in [6.07, 6.45) is 8.22. The first-order valence-electron chi connectivity index (χ1n) is 10.9. The van der Waals surface area contributed by atoms with Crippen LogP contribution in [0.25, 0.3) is 16.5 Å². The molecule has 166 valence electrons. The maximum absolute atomic E-state index is 12.0. The lowest BCUT2D eigenvalue weighted by Gasteiger charge is -2.25. The van der Waals surface area contributed by atoms with Gasteiger partial charge in [0, 0.05) is 48.4 Å². The van der Waals surface area contributed by atoms with Gasteiger partial charge in [0.2, 0.25) is 5.91 Å². The van der Waals surface area contributed by atoms with Crippen LogP contribution in [0.5, 0.6) is 0 Å². The standard InChI is InChI=1S/C26H25N5OS/c1-3-24(32)30-12-9-20(10-13-30)25-21-11-14-31(17-19-7-5-4-6-8-19)22(21)15-23(28-25)29-26-27-16-18(2)33-26/h3-9,11,14-16H,1,10,12-13,17H2,2H3,(H,27,28,29). The van der Waals surface area contributed by atoms with Gasteiger partial charge in [-0.05, 0) is 36.6 Å². The molecule has 1 aliphatic heterocycles. The zero-order chi connectivity index (χ0) is 22.8. The normalized spacial score (nSPS) is 13.7. The second kappa shape index (κ2) is 9.03. The van der Waals surface area contributed by atoms with Crippen LogP contribution in [0.4, 0.5) is 10.9 Å². The largest absolute Gasteiger partial charge is 0.343 e. The topological polar surface area (TPSA) is 63.1 Å². The van der Waals surface area contributed by atoms with Gasteiger partial charge in [-0.1, -0.05) is 43.0 Å². The van der Waals surface area contributed by atoms with E-state index < -0.39 is 0 Å². The molecule has 0 saturated heterocycles. The third-order valence-corrected chi connectivity index (χ3v) is 6.65. The average molecular weight is 456 g/mol. The number of fused-ring (bicyclic) bond motifs is 1. The summed E-state index contributed by atoms with van der Waals surface area (Å²) in [5, 5.41) is 5.33. The molecule has 1 aromatic carbocycles. The van der Waals surface area contributed by atoms with E-state index in [0.29, 0.717) is 13.1 Å². The molecule has 33 heavy (non-hydrogen) atoms. The van der Waals surface area contributed by atoms with Gasteiger partial charge in [-0.3, -0.25) is 4.79 Å². The molecule has 0 spiro atoms. The van der Waals surface area contributed by atoms with E-state index in [0.717, 1.165) is 51.0 Å². The predicted octanol–water partition coefficient (Wildman–Crippen LogP) is 5.39. The van der Waals surface area contributed by atoms with Crippen molar-refractivity contribution in [3.63, 3.8) is 0 Å². The van der Waals surface area contributed by atoms with E-state index in [4.69, 9.17) is 4.98 Å². The number of thiazole rings is 1. The van der Waals surface area contributed by atoms with Crippen molar-refractivity contribution in [2.45, 2.75) is 19.9 Å². The van der Waals surface area contributed by atoms with Crippen molar-refractivity contribution in [1.29, 1.82) is 0 Å². The molecule has 0 atom stereocenters. The Labute approximate surface area is 196 Å². The van der Waals surface area contributed by atoms with Gasteiger partial charge in [0.1, 0.15) is 5.82 Å². The predicted molar refractivity (Wildman–Crippen MR) is 135 cm³/mol. The van der Waals surface area contributed by atoms with Crippen LogP contribution in [0.1, 0.15) is 22.6 Å². The zero-order valence-electron chi connectivity index (χ0n) is 18.5. The third kappa shape index (κ3) is 4.45. The lowest BCUT2D eigenvalue weighted by Crippen LogP contribution is -2.33. The summed E-state index contributed by atoms with van der Waals surface area (Å²) in [6.45, 7) is 7.65. The van der Waals surface area contributed by atoms with E-state index >= 15 is 0 Å². The van der Waals surface area contributed by atoms with Gasteiger partial charge >= 0.3 is 0 Å². The summed E-state index contributed by atoms with van der Waals surface area (Å²) in [5.74, 6) is 0.734. The molecule has 5 rings (SSSR count). The van der Waals surface area contributed by atoms with E-state index in [9.17, 15) is 4.79 Å². The first-order chi connectivity index (χ1) is 16.1. The summed E-state index contributed by atoms with van der Waals surface area (Å²) >= 11 is 1.61. The lowest BCUT2D eigenvalue weighted by molar-refractivity contribution is -0.125. The minimum atomic E-state index is -0.0352. The molecule has 0 bridgehead atoms. The summed E-state index contributed by atoms with van der Waals surface area (Å²) in [4.78, 5) is 24.4.